The van der Waals surface area contributed by atoms with Crippen LogP contribution in [-0.2, 0) is 6.61 Å². The Morgan fingerprint density at radius 1 is 1.21 bits per heavy atom. The standard InChI is InChI=1S/C21H19ClN4O2S/c1-12-9-14(7-8-16(12)22)28-10-19-24-21(26-25-19)29-11-18(27)20-13(2)23-17-6-4-3-5-15(17)20/h3-9,23H,10-11H2,1-2H3,(H,24,25,26). The van der Waals surface area contributed by atoms with Crippen molar-refractivity contribution in [2.24, 2.45) is 0 Å². The molecule has 8 heteroatoms. The van der Waals surface area contributed by atoms with Gasteiger partial charge < -0.3 is 9.72 Å². The number of carbonyl (C=O) groups excluding carboxylic acids is 1. The maximum absolute atomic E-state index is 12.7. The number of hydrogen-bond acceptors (Lipinski definition) is 5. The number of ether oxygens (including phenoxy) is 1. The highest BCUT2D eigenvalue weighted by Crippen LogP contribution is 2.25. The maximum Gasteiger partial charge on any atom is 0.208 e. The Balaban J connectivity index is 1.37. The summed E-state index contributed by atoms with van der Waals surface area (Å²) in [5.74, 6) is 1.61. The van der Waals surface area contributed by atoms with Crippen LogP contribution in [0.5, 0.6) is 5.75 Å². The van der Waals surface area contributed by atoms with Crippen molar-refractivity contribution >= 4 is 40.0 Å². The third-order valence-electron chi connectivity index (χ3n) is 4.52. The molecule has 0 saturated heterocycles. The zero-order valence-electron chi connectivity index (χ0n) is 16.0. The van der Waals surface area contributed by atoms with Crippen molar-refractivity contribution in [1.29, 1.82) is 0 Å². The van der Waals surface area contributed by atoms with Crippen molar-refractivity contribution in [3.8, 4) is 5.75 Å². The van der Waals surface area contributed by atoms with Crippen molar-refractivity contribution in [3.63, 3.8) is 0 Å². The van der Waals surface area contributed by atoms with Gasteiger partial charge in [-0.1, -0.05) is 41.6 Å². The molecule has 2 N–H and O–H groups in total. The van der Waals surface area contributed by atoms with Crippen molar-refractivity contribution in [2.75, 3.05) is 5.75 Å². The van der Waals surface area contributed by atoms with Gasteiger partial charge in [-0.25, -0.2) is 4.98 Å². The Morgan fingerprint density at radius 2 is 2.03 bits per heavy atom. The summed E-state index contributed by atoms with van der Waals surface area (Å²) in [7, 11) is 0. The lowest BCUT2D eigenvalue weighted by atomic mass is 10.1. The van der Waals surface area contributed by atoms with Crippen molar-refractivity contribution in [1.82, 2.24) is 20.2 Å². The first-order chi connectivity index (χ1) is 14.0. The summed E-state index contributed by atoms with van der Waals surface area (Å²) in [4.78, 5) is 20.4. The number of aromatic nitrogens is 4. The number of H-pyrrole nitrogens is 2. The lowest BCUT2D eigenvalue weighted by Crippen LogP contribution is -2.04. The van der Waals surface area contributed by atoms with E-state index in [1.165, 1.54) is 11.8 Å². The van der Waals surface area contributed by atoms with Crippen molar-refractivity contribution in [2.45, 2.75) is 25.6 Å². The number of rotatable bonds is 7. The highest BCUT2D eigenvalue weighted by Gasteiger charge is 2.17. The first-order valence-electron chi connectivity index (χ1n) is 9.05. The highest BCUT2D eigenvalue weighted by molar-refractivity contribution is 7.99. The minimum Gasteiger partial charge on any atom is -0.486 e. The number of halogens is 1. The summed E-state index contributed by atoms with van der Waals surface area (Å²) in [5, 5.41) is 9.17. The molecule has 2 aromatic carbocycles. The second-order valence-electron chi connectivity index (χ2n) is 6.65. The van der Waals surface area contributed by atoms with Gasteiger partial charge in [0.05, 0.1) is 5.75 Å². The molecule has 148 valence electrons. The van der Waals surface area contributed by atoms with Crippen LogP contribution in [-0.4, -0.2) is 31.7 Å². The van der Waals surface area contributed by atoms with Gasteiger partial charge in [-0.05, 0) is 43.7 Å². The average Bonchev–Trinajstić information content (AvgIpc) is 3.30. The molecule has 0 aliphatic rings. The lowest BCUT2D eigenvalue weighted by Gasteiger charge is -2.05. The summed E-state index contributed by atoms with van der Waals surface area (Å²) in [6.07, 6.45) is 0. The highest BCUT2D eigenvalue weighted by atomic mass is 35.5. The van der Waals surface area contributed by atoms with Crippen LogP contribution in [0.15, 0.2) is 47.6 Å². The van der Waals surface area contributed by atoms with Crippen LogP contribution in [0.2, 0.25) is 5.02 Å². The third kappa shape index (κ3) is 4.31. The van der Waals surface area contributed by atoms with Crippen molar-refractivity contribution < 1.29 is 9.53 Å². The summed E-state index contributed by atoms with van der Waals surface area (Å²) in [6.45, 7) is 4.09. The Kier molecular flexibility index (Phi) is 5.60. The van der Waals surface area contributed by atoms with Gasteiger partial charge in [0, 0.05) is 27.2 Å². The summed E-state index contributed by atoms with van der Waals surface area (Å²) >= 11 is 7.32. The molecular formula is C21H19ClN4O2S. The van der Waals surface area contributed by atoms with Gasteiger partial charge in [0.25, 0.3) is 0 Å². The van der Waals surface area contributed by atoms with Gasteiger partial charge in [-0.2, -0.15) is 0 Å². The number of carbonyl (C=O) groups is 1. The predicted molar refractivity (Wildman–Crippen MR) is 115 cm³/mol. The Labute approximate surface area is 177 Å². The molecule has 0 amide bonds. The number of nitrogens with zero attached hydrogens (tertiary/aromatic N) is 2. The average molecular weight is 427 g/mol. The lowest BCUT2D eigenvalue weighted by molar-refractivity contribution is 0.102. The van der Waals surface area contributed by atoms with E-state index >= 15 is 0 Å². The van der Waals surface area contributed by atoms with Crippen LogP contribution in [0.1, 0.15) is 27.4 Å². The first-order valence-corrected chi connectivity index (χ1v) is 10.4. The Bertz CT molecular complexity index is 1180. The van der Waals surface area contributed by atoms with Gasteiger partial charge >= 0.3 is 0 Å². The molecule has 2 aromatic heterocycles. The smallest absolute Gasteiger partial charge is 0.208 e. The molecule has 0 aliphatic heterocycles. The van der Waals surface area contributed by atoms with Crippen LogP contribution >= 0.6 is 23.4 Å². The van der Waals surface area contributed by atoms with E-state index in [1.807, 2.05) is 50.2 Å². The number of Topliss-reactive ketones (excluding diaryl/α,β-unsaturated/α-hetero) is 1. The van der Waals surface area contributed by atoms with Crippen LogP contribution in [0.3, 0.4) is 0 Å². The number of fused-ring (bicyclic) bond motifs is 1. The molecule has 2 heterocycles. The Hall–Kier alpha value is -2.77. The maximum atomic E-state index is 12.7. The van der Waals surface area contributed by atoms with Gasteiger partial charge in [0.2, 0.25) is 5.16 Å². The number of thioether (sulfide) groups is 1. The predicted octanol–water partition coefficient (Wildman–Crippen LogP) is 5.11. The molecule has 0 radical (unpaired) electrons. The first kappa shape index (κ1) is 19.5. The molecule has 0 unspecified atom stereocenters. The fourth-order valence-corrected chi connectivity index (χ4v) is 3.91. The van der Waals surface area contributed by atoms with Crippen molar-refractivity contribution in [3.05, 3.63) is 70.1 Å². The number of ketones is 1. The SMILES string of the molecule is Cc1cc(OCc2nc(SCC(=O)c3c(C)[nH]c4ccccc34)n[nH]2)ccc1Cl. The minimum atomic E-state index is 0.0455. The number of nitrogens with one attached hydrogen (secondary N) is 2. The summed E-state index contributed by atoms with van der Waals surface area (Å²) in [5.41, 5.74) is 3.52. The molecule has 4 aromatic rings. The van der Waals surface area contributed by atoms with Crippen LogP contribution < -0.4 is 4.74 Å². The van der Waals surface area contributed by atoms with Gasteiger partial charge in [0.15, 0.2) is 11.6 Å². The van der Waals surface area contributed by atoms with E-state index in [0.29, 0.717) is 21.8 Å². The second kappa shape index (κ2) is 8.31. The van der Waals surface area contributed by atoms with Gasteiger partial charge in [-0.3, -0.25) is 9.89 Å². The minimum absolute atomic E-state index is 0.0455. The van der Waals surface area contributed by atoms with E-state index < -0.39 is 0 Å². The quantitative estimate of drug-likeness (QED) is 0.317. The third-order valence-corrected chi connectivity index (χ3v) is 5.79. The zero-order chi connectivity index (χ0) is 20.4. The summed E-state index contributed by atoms with van der Waals surface area (Å²) < 4.78 is 5.72. The molecule has 0 bridgehead atoms. The van der Waals surface area contributed by atoms with E-state index in [-0.39, 0.29) is 18.1 Å². The molecule has 29 heavy (non-hydrogen) atoms. The largest absolute Gasteiger partial charge is 0.486 e. The number of aromatic amines is 2. The molecule has 0 spiro atoms. The molecule has 0 aliphatic carbocycles. The normalized spacial score (nSPS) is 11.1. The molecule has 0 saturated carbocycles. The van der Waals surface area contributed by atoms with Gasteiger partial charge in [-0.15, -0.1) is 5.10 Å². The fourth-order valence-electron chi connectivity index (χ4n) is 3.10. The second-order valence-corrected chi connectivity index (χ2v) is 8.00. The monoisotopic (exact) mass is 426 g/mol. The van der Waals surface area contributed by atoms with E-state index in [0.717, 1.165) is 27.7 Å². The molecule has 6 nitrogen and oxygen atoms in total. The van der Waals surface area contributed by atoms with E-state index in [9.17, 15) is 4.79 Å². The fraction of sp³-hybridized carbons (Fsp3) is 0.190. The molecule has 0 atom stereocenters. The Morgan fingerprint density at radius 3 is 2.86 bits per heavy atom. The summed E-state index contributed by atoms with van der Waals surface area (Å²) in [6, 6.07) is 13.3. The number of hydrogen-bond donors (Lipinski definition) is 2. The van der Waals surface area contributed by atoms with E-state index in [1.54, 1.807) is 6.07 Å². The molecule has 4 rings (SSSR count). The number of aryl methyl sites for hydroxylation is 2. The molecule has 0 fully saturated rings. The van der Waals surface area contributed by atoms with Gasteiger partial charge in [0.1, 0.15) is 12.4 Å². The topological polar surface area (TPSA) is 83.7 Å². The molecular weight excluding hydrogens is 408 g/mol. The van der Waals surface area contributed by atoms with Crippen LogP contribution in [0.4, 0.5) is 0 Å². The number of para-hydroxylation sites is 1. The zero-order valence-corrected chi connectivity index (χ0v) is 17.5. The van der Waals surface area contributed by atoms with Crippen LogP contribution in [0.25, 0.3) is 10.9 Å². The van der Waals surface area contributed by atoms with E-state index in [2.05, 4.69) is 20.2 Å². The van der Waals surface area contributed by atoms with Crippen LogP contribution in [0, 0.1) is 13.8 Å². The number of benzene rings is 2. The van der Waals surface area contributed by atoms with E-state index in [4.69, 9.17) is 16.3 Å².